The van der Waals surface area contributed by atoms with Crippen LogP contribution < -0.4 is 20.5 Å². The van der Waals surface area contributed by atoms with Crippen molar-refractivity contribution in [1.82, 2.24) is 24.4 Å². The van der Waals surface area contributed by atoms with Crippen LogP contribution in [0.5, 0.6) is 6.01 Å². The highest BCUT2D eigenvalue weighted by Crippen LogP contribution is 2.34. The average Bonchev–Trinajstić information content (AvgIpc) is 3.80. The number of ether oxygens (including phenoxy) is 2. The number of carbonyl (C=O) groups excluding carboxylic acids is 1. The number of carbonyl (C=O) groups is 1. The minimum absolute atomic E-state index is 0.0424. The number of ketones is 1. The second-order valence-electron chi connectivity index (χ2n) is 9.89. The fourth-order valence-electron chi connectivity index (χ4n) is 4.74. The highest BCUT2D eigenvalue weighted by Gasteiger charge is 2.48. The Morgan fingerprint density at radius 3 is 2.65 bits per heavy atom. The number of halogens is 3. The van der Waals surface area contributed by atoms with Gasteiger partial charge in [-0.15, -0.1) is 0 Å². The molecule has 3 unspecified atom stereocenters. The van der Waals surface area contributed by atoms with Crippen molar-refractivity contribution in [3.8, 4) is 6.01 Å². The molecule has 198 valence electrons. The number of hydrogen-bond donors (Lipinski definition) is 1. The molecule has 1 N–H and O–H groups in total. The van der Waals surface area contributed by atoms with Crippen molar-refractivity contribution in [2.75, 3.05) is 43.2 Å². The molecule has 0 aromatic carbocycles. The molecule has 2 aromatic heterocycles. The van der Waals surface area contributed by atoms with E-state index in [1.54, 1.807) is 0 Å². The molecule has 3 fully saturated rings. The first-order valence-electron chi connectivity index (χ1n) is 12.3. The summed E-state index contributed by atoms with van der Waals surface area (Å²) in [7, 11) is 0. The van der Waals surface area contributed by atoms with E-state index < -0.39 is 30.1 Å². The lowest BCUT2D eigenvalue weighted by Crippen LogP contribution is -2.54. The molecule has 0 amide bonds. The number of anilines is 2. The molecule has 14 heteroatoms. The third kappa shape index (κ3) is 5.12. The number of nitrogens with one attached hydrogen (secondary N) is 1. The lowest BCUT2D eigenvalue weighted by Gasteiger charge is -2.38. The van der Waals surface area contributed by atoms with Gasteiger partial charge in [0.2, 0.25) is 5.95 Å². The molecule has 37 heavy (non-hydrogen) atoms. The summed E-state index contributed by atoms with van der Waals surface area (Å²) in [4.78, 5) is 41.1. The van der Waals surface area contributed by atoms with E-state index in [1.807, 2.05) is 0 Å². The van der Waals surface area contributed by atoms with Gasteiger partial charge in [0, 0.05) is 38.1 Å². The molecule has 0 bridgehead atoms. The first-order valence-corrected chi connectivity index (χ1v) is 12.3. The molecule has 2 aromatic rings. The van der Waals surface area contributed by atoms with Gasteiger partial charge in [-0.2, -0.15) is 18.2 Å². The monoisotopic (exact) mass is 521 g/mol. The molecule has 1 saturated carbocycles. The van der Waals surface area contributed by atoms with E-state index in [2.05, 4.69) is 25.2 Å². The first kappa shape index (κ1) is 24.1. The van der Waals surface area contributed by atoms with Crippen LogP contribution in [0, 0.1) is 5.92 Å². The number of aromatic nitrogens is 4. The normalized spacial score (nSPS) is 26.4. The number of hydrogen-bond acceptors (Lipinski definition) is 10. The third-order valence-corrected chi connectivity index (χ3v) is 7.16. The van der Waals surface area contributed by atoms with Crippen LogP contribution in [-0.4, -0.2) is 87.5 Å². The summed E-state index contributed by atoms with van der Waals surface area (Å²) in [6, 6.07) is -0.295. The van der Waals surface area contributed by atoms with Gasteiger partial charge < -0.3 is 19.7 Å². The molecule has 0 spiro atoms. The Labute approximate surface area is 209 Å². The van der Waals surface area contributed by atoms with E-state index in [-0.39, 0.29) is 42.4 Å². The van der Waals surface area contributed by atoms with Crippen LogP contribution in [0.25, 0.3) is 0 Å². The molecule has 0 radical (unpaired) electrons. The highest BCUT2D eigenvalue weighted by molar-refractivity contribution is 5.98. The van der Waals surface area contributed by atoms with Crippen LogP contribution >= 0.6 is 0 Å². The summed E-state index contributed by atoms with van der Waals surface area (Å²) in [6.45, 7) is 1.54. The maximum atomic E-state index is 14.0. The van der Waals surface area contributed by atoms with Crippen LogP contribution in [0.4, 0.5) is 24.9 Å². The van der Waals surface area contributed by atoms with Gasteiger partial charge in [-0.1, -0.05) is 0 Å². The Morgan fingerprint density at radius 1 is 1.22 bits per heavy atom. The quantitative estimate of drug-likeness (QED) is 0.383. The largest absolute Gasteiger partial charge is 0.463 e. The fourth-order valence-corrected chi connectivity index (χ4v) is 4.74. The van der Waals surface area contributed by atoms with Crippen LogP contribution in [0.2, 0.25) is 0 Å². The molecular formula is C23H26F3N7O4. The minimum atomic E-state index is -4.63. The lowest BCUT2D eigenvalue weighted by molar-refractivity contribution is -0.152. The number of rotatable bonds is 9. The molecular weight excluding hydrogens is 495 g/mol. The number of alkyl halides is 3. The van der Waals surface area contributed by atoms with Gasteiger partial charge in [0.25, 0.3) is 5.56 Å². The van der Waals surface area contributed by atoms with Crippen LogP contribution in [0.3, 0.4) is 0 Å². The molecule has 4 atom stereocenters. The summed E-state index contributed by atoms with van der Waals surface area (Å²) < 4.78 is 54.3. The smallest absolute Gasteiger partial charge is 0.408 e. The van der Waals surface area contributed by atoms with Crippen molar-refractivity contribution in [2.45, 2.75) is 50.2 Å². The summed E-state index contributed by atoms with van der Waals surface area (Å²) >= 11 is 0. The molecule has 5 heterocycles. The zero-order chi connectivity index (χ0) is 25.7. The molecule has 6 rings (SSSR count). The van der Waals surface area contributed by atoms with E-state index in [4.69, 9.17) is 9.47 Å². The summed E-state index contributed by atoms with van der Waals surface area (Å²) in [5, 5.41) is 3.02. The van der Waals surface area contributed by atoms with E-state index in [0.717, 1.165) is 24.3 Å². The molecule has 1 aliphatic carbocycles. The van der Waals surface area contributed by atoms with Gasteiger partial charge in [0.05, 0.1) is 37.6 Å². The minimum Gasteiger partial charge on any atom is -0.463 e. The van der Waals surface area contributed by atoms with E-state index >= 15 is 0 Å². The molecule has 11 nitrogen and oxygen atoms in total. The van der Waals surface area contributed by atoms with Gasteiger partial charge >= 0.3 is 12.2 Å². The average molecular weight is 522 g/mol. The Hall–Kier alpha value is -3.26. The summed E-state index contributed by atoms with van der Waals surface area (Å²) in [5.41, 5.74) is -0.452. The van der Waals surface area contributed by atoms with Gasteiger partial charge in [-0.05, 0) is 25.2 Å². The number of fused-ring (bicyclic) bond motifs is 2. The van der Waals surface area contributed by atoms with Crippen LogP contribution in [0.15, 0.2) is 23.3 Å². The summed E-state index contributed by atoms with van der Waals surface area (Å²) in [6.07, 6.45) is -0.423. The maximum absolute atomic E-state index is 14.0. The van der Waals surface area contributed by atoms with E-state index in [1.165, 1.54) is 23.0 Å². The number of nitrogens with zero attached hydrogens (tertiary/aromatic N) is 6. The Bertz CT molecular complexity index is 1230. The van der Waals surface area contributed by atoms with Gasteiger partial charge in [0.1, 0.15) is 11.9 Å². The zero-order valence-electron chi connectivity index (χ0n) is 19.9. The standard InChI is InChI=1S/C23H26F3N7O4/c24-23(25,26)18-3-4-32-20(35)5-19(27-8-17-15-9-31(15)12-37-17)30-22(32)33(18)10-16(34)14-6-28-21(29-7-14)36-11-13-1-2-13/h5-7,13,15,17-18,27H,1-4,8-12H2/t15?,17-,18?,31?/m1/s1. The maximum Gasteiger partial charge on any atom is 0.408 e. The topological polar surface area (TPSA) is 114 Å². The van der Waals surface area contributed by atoms with Gasteiger partial charge in [-0.3, -0.25) is 19.1 Å². The fraction of sp³-hybridized carbons (Fsp3) is 0.609. The van der Waals surface area contributed by atoms with Crippen molar-refractivity contribution in [2.24, 2.45) is 5.92 Å². The first-order chi connectivity index (χ1) is 17.8. The van der Waals surface area contributed by atoms with Gasteiger partial charge in [-0.25, -0.2) is 9.97 Å². The Kier molecular flexibility index (Phi) is 6.02. The van der Waals surface area contributed by atoms with Crippen molar-refractivity contribution in [3.63, 3.8) is 0 Å². The molecule has 2 saturated heterocycles. The van der Waals surface area contributed by atoms with Crippen molar-refractivity contribution < 1.29 is 27.4 Å². The predicted molar refractivity (Wildman–Crippen MR) is 124 cm³/mol. The predicted octanol–water partition coefficient (Wildman–Crippen LogP) is 1.30. The molecule has 4 aliphatic rings. The Balaban J connectivity index is 1.22. The second kappa shape index (κ2) is 9.24. The van der Waals surface area contributed by atoms with Crippen molar-refractivity contribution >= 4 is 17.5 Å². The molecule has 3 aliphatic heterocycles. The highest BCUT2D eigenvalue weighted by atomic mass is 19.4. The van der Waals surface area contributed by atoms with Crippen LogP contribution in [-0.2, 0) is 11.3 Å². The van der Waals surface area contributed by atoms with E-state index in [9.17, 15) is 22.8 Å². The SMILES string of the molecule is O=C(CN1c2nc(NC[C@H]3OCN4CC34)cc(=O)n2CCC1C(F)(F)F)c1cnc(OCC2CC2)nc1. The Morgan fingerprint density at radius 2 is 2.00 bits per heavy atom. The third-order valence-electron chi connectivity index (χ3n) is 7.16. The van der Waals surface area contributed by atoms with E-state index in [0.29, 0.717) is 31.8 Å². The summed E-state index contributed by atoms with van der Waals surface area (Å²) in [5.74, 6) is -0.202. The van der Waals surface area contributed by atoms with Gasteiger partial charge in [0.15, 0.2) is 5.78 Å². The number of Topliss-reactive ketones (excluding diaryl/α,β-unsaturated/α-hetero) is 1. The second-order valence-corrected chi connectivity index (χ2v) is 9.89. The van der Waals surface area contributed by atoms with Crippen LogP contribution in [0.1, 0.15) is 29.6 Å². The van der Waals surface area contributed by atoms with Crippen molar-refractivity contribution in [1.29, 1.82) is 0 Å². The lowest BCUT2D eigenvalue weighted by atomic mass is 10.1. The van der Waals surface area contributed by atoms with Crippen molar-refractivity contribution in [3.05, 3.63) is 34.4 Å². The zero-order valence-corrected chi connectivity index (χ0v) is 19.9.